The van der Waals surface area contributed by atoms with Crippen LogP contribution in [0.25, 0.3) is 0 Å². The molecule has 114 valence electrons. The molecule has 2 aliphatic rings. The van der Waals surface area contributed by atoms with Crippen molar-refractivity contribution in [1.29, 1.82) is 0 Å². The van der Waals surface area contributed by atoms with E-state index >= 15 is 0 Å². The Bertz CT molecular complexity index is 492. The number of hydrogen-bond acceptors (Lipinski definition) is 2. The van der Waals surface area contributed by atoms with Crippen molar-refractivity contribution in [1.82, 2.24) is 10.6 Å². The van der Waals surface area contributed by atoms with Crippen LogP contribution in [0.15, 0.2) is 18.2 Å². The number of hydrogen-bond donors (Lipinski definition) is 2. The maximum Gasteiger partial charge on any atom is 0.224 e. The summed E-state index contributed by atoms with van der Waals surface area (Å²) in [5.74, 6) is 0.908. The molecule has 1 atom stereocenters. The highest BCUT2D eigenvalue weighted by atomic mass is 16.1. The van der Waals surface area contributed by atoms with Crippen molar-refractivity contribution in [2.45, 2.75) is 44.9 Å². The van der Waals surface area contributed by atoms with E-state index in [1.54, 1.807) is 0 Å². The third-order valence-electron chi connectivity index (χ3n) is 4.81. The Balaban J connectivity index is 1.45. The molecule has 3 rings (SSSR count). The summed E-state index contributed by atoms with van der Waals surface area (Å²) < 4.78 is 0. The van der Waals surface area contributed by atoms with Gasteiger partial charge in [-0.15, -0.1) is 0 Å². The number of benzene rings is 1. The smallest absolute Gasteiger partial charge is 0.224 e. The molecule has 1 amide bonds. The summed E-state index contributed by atoms with van der Waals surface area (Å²) in [6, 6.07) is 6.60. The SMILES string of the molecule is O=C(Cc1ccc2c(c1)CCCC2)NCCC1CCNC1. The Hall–Kier alpha value is -1.35. The van der Waals surface area contributed by atoms with Crippen molar-refractivity contribution >= 4 is 5.91 Å². The fourth-order valence-corrected chi connectivity index (χ4v) is 3.52. The number of rotatable bonds is 5. The molecule has 1 unspecified atom stereocenters. The fourth-order valence-electron chi connectivity index (χ4n) is 3.52. The number of fused-ring (bicyclic) bond motifs is 1. The van der Waals surface area contributed by atoms with Crippen molar-refractivity contribution in [2.75, 3.05) is 19.6 Å². The summed E-state index contributed by atoms with van der Waals surface area (Å²) in [7, 11) is 0. The lowest BCUT2D eigenvalue weighted by molar-refractivity contribution is -0.120. The molecule has 0 bridgehead atoms. The van der Waals surface area contributed by atoms with Crippen LogP contribution in [0.4, 0.5) is 0 Å². The second-order valence-corrected chi connectivity index (χ2v) is 6.48. The van der Waals surface area contributed by atoms with Gasteiger partial charge in [0.05, 0.1) is 6.42 Å². The van der Waals surface area contributed by atoms with Crippen molar-refractivity contribution in [3.63, 3.8) is 0 Å². The summed E-state index contributed by atoms with van der Waals surface area (Å²) in [6.45, 7) is 3.06. The zero-order chi connectivity index (χ0) is 14.5. The molecule has 1 aromatic carbocycles. The molecule has 0 spiro atoms. The van der Waals surface area contributed by atoms with Crippen LogP contribution >= 0.6 is 0 Å². The van der Waals surface area contributed by atoms with E-state index in [-0.39, 0.29) is 5.91 Å². The maximum absolute atomic E-state index is 12.0. The predicted molar refractivity (Wildman–Crippen MR) is 85.4 cm³/mol. The number of aryl methyl sites for hydroxylation is 2. The molecule has 3 nitrogen and oxygen atoms in total. The van der Waals surface area contributed by atoms with E-state index in [4.69, 9.17) is 0 Å². The molecule has 2 N–H and O–H groups in total. The standard InChI is InChI=1S/C18H26N2O/c21-18(20-10-8-14-7-9-19-13-14)12-15-5-6-16-3-1-2-4-17(16)11-15/h5-6,11,14,19H,1-4,7-10,12-13H2,(H,20,21). The van der Waals surface area contributed by atoms with Crippen molar-refractivity contribution in [3.05, 3.63) is 34.9 Å². The first-order valence-corrected chi connectivity index (χ1v) is 8.39. The molecule has 0 aromatic heterocycles. The van der Waals surface area contributed by atoms with E-state index in [1.165, 1.54) is 43.2 Å². The largest absolute Gasteiger partial charge is 0.356 e. The van der Waals surface area contributed by atoms with Gasteiger partial charge in [0.15, 0.2) is 0 Å². The zero-order valence-corrected chi connectivity index (χ0v) is 12.8. The van der Waals surface area contributed by atoms with Gasteiger partial charge in [-0.2, -0.15) is 0 Å². The minimum absolute atomic E-state index is 0.164. The van der Waals surface area contributed by atoms with Crippen molar-refractivity contribution < 1.29 is 4.79 Å². The Morgan fingerprint density at radius 3 is 2.90 bits per heavy atom. The van der Waals surface area contributed by atoms with Crippen LogP contribution in [0.5, 0.6) is 0 Å². The molecule has 0 radical (unpaired) electrons. The molecule has 21 heavy (non-hydrogen) atoms. The Kier molecular flexibility index (Phi) is 4.91. The summed E-state index contributed by atoms with van der Waals surface area (Å²) in [5, 5.41) is 6.44. The van der Waals surface area contributed by atoms with Crippen molar-refractivity contribution in [2.24, 2.45) is 5.92 Å². The van der Waals surface area contributed by atoms with Crippen LogP contribution in [0.2, 0.25) is 0 Å². The first kappa shape index (κ1) is 14.6. The van der Waals surface area contributed by atoms with Gasteiger partial charge in [0.1, 0.15) is 0 Å². The molecule has 1 aliphatic heterocycles. The first-order chi connectivity index (χ1) is 10.3. The third kappa shape index (κ3) is 4.07. The predicted octanol–water partition coefficient (Wildman–Crippen LogP) is 2.22. The topological polar surface area (TPSA) is 41.1 Å². The van der Waals surface area contributed by atoms with Crippen LogP contribution in [0.3, 0.4) is 0 Å². The Labute approximate surface area is 127 Å². The van der Waals surface area contributed by atoms with E-state index in [2.05, 4.69) is 28.8 Å². The molecule has 0 saturated carbocycles. The molecule has 1 aromatic rings. The number of carbonyl (C=O) groups excluding carboxylic acids is 1. The summed E-state index contributed by atoms with van der Waals surface area (Å²) >= 11 is 0. The minimum atomic E-state index is 0.164. The van der Waals surface area contributed by atoms with Crippen LogP contribution in [-0.2, 0) is 24.1 Å². The van der Waals surface area contributed by atoms with Crippen molar-refractivity contribution in [3.8, 4) is 0 Å². The van der Waals surface area contributed by atoms with Gasteiger partial charge in [-0.05, 0) is 74.2 Å². The third-order valence-corrected chi connectivity index (χ3v) is 4.81. The number of nitrogens with one attached hydrogen (secondary N) is 2. The molecular weight excluding hydrogens is 260 g/mol. The fraction of sp³-hybridized carbons (Fsp3) is 0.611. The normalized spacial score (nSPS) is 21.0. The Morgan fingerprint density at radius 1 is 1.24 bits per heavy atom. The summed E-state index contributed by atoms with van der Waals surface area (Å²) in [5.41, 5.74) is 4.11. The maximum atomic E-state index is 12.0. The van der Waals surface area contributed by atoms with Crippen LogP contribution < -0.4 is 10.6 Å². The molecule has 1 heterocycles. The van der Waals surface area contributed by atoms with Gasteiger partial charge in [0, 0.05) is 6.54 Å². The molecule has 3 heteroatoms. The van der Waals surface area contributed by atoms with Gasteiger partial charge < -0.3 is 10.6 Å². The summed E-state index contributed by atoms with van der Waals surface area (Å²) in [6.07, 6.45) is 7.86. The van der Waals surface area contributed by atoms with Gasteiger partial charge in [-0.25, -0.2) is 0 Å². The molecule has 1 aliphatic carbocycles. The second kappa shape index (κ2) is 7.08. The lowest BCUT2D eigenvalue weighted by atomic mass is 9.90. The van der Waals surface area contributed by atoms with E-state index in [0.29, 0.717) is 6.42 Å². The monoisotopic (exact) mass is 286 g/mol. The molecule has 1 saturated heterocycles. The van der Waals surface area contributed by atoms with E-state index in [1.807, 2.05) is 0 Å². The van der Waals surface area contributed by atoms with E-state index in [0.717, 1.165) is 37.5 Å². The first-order valence-electron chi connectivity index (χ1n) is 8.39. The average molecular weight is 286 g/mol. The van der Waals surface area contributed by atoms with Gasteiger partial charge in [-0.3, -0.25) is 4.79 Å². The lowest BCUT2D eigenvalue weighted by Gasteiger charge is -2.16. The highest BCUT2D eigenvalue weighted by Crippen LogP contribution is 2.22. The summed E-state index contributed by atoms with van der Waals surface area (Å²) in [4.78, 5) is 12.0. The average Bonchev–Trinajstić information content (AvgIpc) is 3.00. The van der Waals surface area contributed by atoms with Gasteiger partial charge in [0.2, 0.25) is 5.91 Å². The molecule has 1 fully saturated rings. The second-order valence-electron chi connectivity index (χ2n) is 6.48. The highest BCUT2D eigenvalue weighted by molar-refractivity contribution is 5.78. The Morgan fingerprint density at radius 2 is 2.10 bits per heavy atom. The van der Waals surface area contributed by atoms with E-state index < -0.39 is 0 Å². The van der Waals surface area contributed by atoms with Crippen LogP contribution in [-0.4, -0.2) is 25.5 Å². The van der Waals surface area contributed by atoms with Crippen LogP contribution in [0.1, 0.15) is 42.4 Å². The minimum Gasteiger partial charge on any atom is -0.356 e. The lowest BCUT2D eigenvalue weighted by Crippen LogP contribution is -2.27. The highest BCUT2D eigenvalue weighted by Gasteiger charge is 2.14. The van der Waals surface area contributed by atoms with E-state index in [9.17, 15) is 4.79 Å². The quantitative estimate of drug-likeness (QED) is 0.871. The number of amides is 1. The van der Waals surface area contributed by atoms with Gasteiger partial charge in [0.25, 0.3) is 0 Å². The number of carbonyl (C=O) groups is 1. The van der Waals surface area contributed by atoms with Crippen LogP contribution in [0, 0.1) is 5.92 Å². The van der Waals surface area contributed by atoms with Gasteiger partial charge in [-0.1, -0.05) is 18.2 Å². The van der Waals surface area contributed by atoms with Gasteiger partial charge >= 0.3 is 0 Å². The zero-order valence-electron chi connectivity index (χ0n) is 12.8. The molecular formula is C18H26N2O.